The molecule has 2 N–H and O–H groups in total. The van der Waals surface area contributed by atoms with Crippen molar-refractivity contribution in [2.45, 2.75) is 32.3 Å². The zero-order valence-electron chi connectivity index (χ0n) is 15.3. The molecule has 1 aromatic heterocycles. The van der Waals surface area contributed by atoms with Crippen LogP contribution in [0.15, 0.2) is 29.2 Å². The molecule has 29 heavy (non-hydrogen) atoms. The van der Waals surface area contributed by atoms with Gasteiger partial charge in [0.1, 0.15) is 17.2 Å². The van der Waals surface area contributed by atoms with Crippen LogP contribution >= 0.6 is 0 Å². The Kier molecular flexibility index (Phi) is 4.58. The second kappa shape index (κ2) is 6.96. The second-order valence-electron chi connectivity index (χ2n) is 7.00. The topological polar surface area (TPSA) is 101 Å². The van der Waals surface area contributed by atoms with E-state index < -0.39 is 46.4 Å². The number of nitrogens with zero attached hydrogens (tertiary/aromatic N) is 2. The SMILES string of the molecule is C[C@@H]1CN2C(=O)c3c(O)c(=O)c(C(=O)NCc4ccc(F)cc4F)cn3CC2O1. The third-order valence-corrected chi connectivity index (χ3v) is 4.96. The Hall–Kier alpha value is -3.27. The van der Waals surface area contributed by atoms with E-state index in [1.807, 2.05) is 0 Å². The van der Waals surface area contributed by atoms with Crippen LogP contribution in [0.3, 0.4) is 0 Å². The van der Waals surface area contributed by atoms with Gasteiger partial charge in [0.2, 0.25) is 5.43 Å². The molecule has 10 heteroatoms. The van der Waals surface area contributed by atoms with Gasteiger partial charge in [-0.2, -0.15) is 0 Å². The third kappa shape index (κ3) is 3.25. The van der Waals surface area contributed by atoms with Gasteiger partial charge in [0.05, 0.1) is 12.6 Å². The van der Waals surface area contributed by atoms with E-state index >= 15 is 0 Å². The van der Waals surface area contributed by atoms with E-state index in [4.69, 9.17) is 4.74 Å². The van der Waals surface area contributed by atoms with Crippen LogP contribution in [0.2, 0.25) is 0 Å². The summed E-state index contributed by atoms with van der Waals surface area (Å²) in [5, 5.41) is 12.6. The lowest BCUT2D eigenvalue weighted by Crippen LogP contribution is -2.46. The van der Waals surface area contributed by atoms with Crippen LogP contribution in [0.1, 0.15) is 33.3 Å². The molecule has 3 heterocycles. The summed E-state index contributed by atoms with van der Waals surface area (Å²) >= 11 is 0. The van der Waals surface area contributed by atoms with Crippen molar-refractivity contribution >= 4 is 11.8 Å². The van der Waals surface area contributed by atoms with Crippen molar-refractivity contribution in [3.63, 3.8) is 0 Å². The van der Waals surface area contributed by atoms with E-state index in [9.17, 15) is 28.3 Å². The van der Waals surface area contributed by atoms with Crippen LogP contribution in [0.5, 0.6) is 5.75 Å². The zero-order valence-corrected chi connectivity index (χ0v) is 15.3. The highest BCUT2D eigenvalue weighted by atomic mass is 19.1. The van der Waals surface area contributed by atoms with Crippen molar-refractivity contribution in [2.24, 2.45) is 0 Å². The van der Waals surface area contributed by atoms with E-state index in [0.29, 0.717) is 12.6 Å². The monoisotopic (exact) mass is 405 g/mol. The first-order chi connectivity index (χ1) is 13.8. The lowest BCUT2D eigenvalue weighted by molar-refractivity contribution is -0.0101. The highest BCUT2D eigenvalue weighted by Gasteiger charge is 2.41. The number of amides is 2. The number of hydrogen-bond acceptors (Lipinski definition) is 5. The molecular formula is C19H17F2N3O5. The molecule has 0 bridgehead atoms. The van der Waals surface area contributed by atoms with Crippen molar-refractivity contribution in [3.05, 3.63) is 63.1 Å². The molecule has 2 atom stereocenters. The maximum Gasteiger partial charge on any atom is 0.276 e. The summed E-state index contributed by atoms with van der Waals surface area (Å²) in [6.45, 7) is 1.99. The highest BCUT2D eigenvalue weighted by Crippen LogP contribution is 2.28. The van der Waals surface area contributed by atoms with E-state index in [1.54, 1.807) is 6.92 Å². The predicted molar refractivity (Wildman–Crippen MR) is 95.3 cm³/mol. The number of ether oxygens (including phenoxy) is 1. The number of aromatic hydroxyl groups is 1. The summed E-state index contributed by atoms with van der Waals surface area (Å²) in [6.07, 6.45) is 0.423. The minimum absolute atomic E-state index is 0.0289. The van der Waals surface area contributed by atoms with Gasteiger partial charge in [-0.1, -0.05) is 6.07 Å². The molecule has 2 aliphatic heterocycles. The number of carbonyl (C=O) groups excluding carboxylic acids is 2. The standard InChI is InChI=1S/C19H17F2N3O5/c1-9-6-24-14(29-9)8-23-7-12(16(25)17(26)15(23)19(24)28)18(27)22-5-10-2-3-11(20)4-13(10)21/h2-4,7,9,14,26H,5-6,8H2,1H3,(H,22,27)/t9-,14?/m1/s1. The first-order valence-corrected chi connectivity index (χ1v) is 8.91. The number of benzene rings is 1. The molecule has 152 valence electrons. The fourth-order valence-corrected chi connectivity index (χ4v) is 3.55. The predicted octanol–water partition coefficient (Wildman–Crippen LogP) is 0.963. The fourth-order valence-electron chi connectivity index (χ4n) is 3.55. The third-order valence-electron chi connectivity index (χ3n) is 4.96. The first-order valence-electron chi connectivity index (χ1n) is 8.91. The maximum atomic E-state index is 13.7. The summed E-state index contributed by atoms with van der Waals surface area (Å²) in [7, 11) is 0. The summed E-state index contributed by atoms with van der Waals surface area (Å²) in [5.41, 5.74) is -1.58. The Balaban J connectivity index is 1.61. The van der Waals surface area contributed by atoms with Gasteiger partial charge in [-0.15, -0.1) is 0 Å². The molecule has 1 aromatic carbocycles. The van der Waals surface area contributed by atoms with Crippen LogP contribution < -0.4 is 10.7 Å². The number of fused-ring (bicyclic) bond motifs is 2. The fraction of sp³-hybridized carbons (Fsp3) is 0.316. The Morgan fingerprint density at radius 1 is 1.31 bits per heavy atom. The van der Waals surface area contributed by atoms with Crippen molar-refractivity contribution in [2.75, 3.05) is 6.54 Å². The average molecular weight is 405 g/mol. The van der Waals surface area contributed by atoms with E-state index in [-0.39, 0.29) is 30.5 Å². The molecular weight excluding hydrogens is 388 g/mol. The number of pyridine rings is 1. The minimum Gasteiger partial charge on any atom is -0.503 e. The Morgan fingerprint density at radius 3 is 2.79 bits per heavy atom. The Morgan fingerprint density at radius 2 is 2.07 bits per heavy atom. The van der Waals surface area contributed by atoms with Crippen molar-refractivity contribution in [1.29, 1.82) is 0 Å². The maximum absolute atomic E-state index is 13.7. The van der Waals surface area contributed by atoms with Gasteiger partial charge in [-0.3, -0.25) is 14.4 Å². The molecule has 0 saturated carbocycles. The number of rotatable bonds is 3. The lowest BCUT2D eigenvalue weighted by atomic mass is 10.1. The van der Waals surface area contributed by atoms with Crippen LogP contribution in [0.25, 0.3) is 0 Å². The molecule has 1 fully saturated rings. The lowest BCUT2D eigenvalue weighted by Gasteiger charge is -2.31. The molecule has 4 rings (SSSR count). The molecule has 0 spiro atoms. The molecule has 0 radical (unpaired) electrons. The smallest absolute Gasteiger partial charge is 0.276 e. The molecule has 8 nitrogen and oxygen atoms in total. The molecule has 1 unspecified atom stereocenters. The number of aromatic nitrogens is 1. The van der Waals surface area contributed by atoms with Crippen molar-refractivity contribution in [3.8, 4) is 5.75 Å². The summed E-state index contributed by atoms with van der Waals surface area (Å²) in [4.78, 5) is 39.0. The molecule has 2 aromatic rings. The van der Waals surface area contributed by atoms with E-state index in [2.05, 4.69) is 5.32 Å². The van der Waals surface area contributed by atoms with Crippen LogP contribution in [-0.2, 0) is 17.8 Å². The van der Waals surface area contributed by atoms with Crippen molar-refractivity contribution in [1.82, 2.24) is 14.8 Å². The number of nitrogens with one attached hydrogen (secondary N) is 1. The van der Waals surface area contributed by atoms with Gasteiger partial charge in [0, 0.05) is 30.9 Å². The van der Waals surface area contributed by atoms with Crippen LogP contribution in [0.4, 0.5) is 8.78 Å². The summed E-state index contributed by atoms with van der Waals surface area (Å²) < 4.78 is 33.6. The van der Waals surface area contributed by atoms with Gasteiger partial charge < -0.3 is 24.6 Å². The van der Waals surface area contributed by atoms with E-state index in [1.165, 1.54) is 21.7 Å². The van der Waals surface area contributed by atoms with Crippen LogP contribution in [-0.4, -0.2) is 45.3 Å². The van der Waals surface area contributed by atoms with Gasteiger partial charge in [0.25, 0.3) is 11.8 Å². The Bertz CT molecular complexity index is 1080. The van der Waals surface area contributed by atoms with Gasteiger partial charge in [0.15, 0.2) is 17.7 Å². The highest BCUT2D eigenvalue weighted by molar-refractivity contribution is 5.99. The van der Waals surface area contributed by atoms with Gasteiger partial charge in [-0.25, -0.2) is 8.78 Å². The zero-order chi connectivity index (χ0) is 20.9. The molecule has 2 aliphatic rings. The van der Waals surface area contributed by atoms with E-state index in [0.717, 1.165) is 6.07 Å². The Labute approximate surface area is 163 Å². The van der Waals surface area contributed by atoms with Crippen LogP contribution in [0, 0.1) is 11.6 Å². The number of halogens is 2. The first kappa shape index (κ1) is 19.1. The summed E-state index contributed by atoms with van der Waals surface area (Å²) in [6, 6.07) is 2.90. The molecule has 1 saturated heterocycles. The normalized spacial score (nSPS) is 20.4. The van der Waals surface area contributed by atoms with Gasteiger partial charge >= 0.3 is 0 Å². The molecule has 2 amide bonds. The molecule has 0 aliphatic carbocycles. The quantitative estimate of drug-likeness (QED) is 0.792. The number of carbonyl (C=O) groups is 2. The second-order valence-corrected chi connectivity index (χ2v) is 7.00. The average Bonchev–Trinajstić information content (AvgIpc) is 3.04. The number of hydrogen-bond donors (Lipinski definition) is 2. The largest absolute Gasteiger partial charge is 0.503 e. The minimum atomic E-state index is -1.01. The summed E-state index contributed by atoms with van der Waals surface area (Å²) in [5.74, 6) is -3.83. The van der Waals surface area contributed by atoms with Gasteiger partial charge in [-0.05, 0) is 13.0 Å². The van der Waals surface area contributed by atoms with Crippen molar-refractivity contribution < 1.29 is 28.2 Å².